The molecule has 70 valence electrons. The fraction of sp³-hybridized carbons (Fsp3) is 0.400. The summed E-state index contributed by atoms with van der Waals surface area (Å²) in [6, 6.07) is 5.66. The predicted octanol–water partition coefficient (Wildman–Crippen LogP) is 0.812. The van der Waals surface area contributed by atoms with Gasteiger partial charge in [0.1, 0.15) is 5.75 Å². The van der Waals surface area contributed by atoms with E-state index in [-0.39, 0.29) is 12.5 Å². The molecule has 3 nitrogen and oxygen atoms in total. The van der Waals surface area contributed by atoms with Crippen LogP contribution in [0.15, 0.2) is 18.2 Å². The van der Waals surface area contributed by atoms with E-state index >= 15 is 0 Å². The SMILES string of the molecule is Nc1cccc2c1CC(CO)CO2. The molecule has 1 aromatic rings. The molecule has 0 bridgehead atoms. The summed E-state index contributed by atoms with van der Waals surface area (Å²) in [7, 11) is 0. The molecule has 2 rings (SSSR count). The molecule has 0 spiro atoms. The van der Waals surface area contributed by atoms with Crippen molar-refractivity contribution in [2.75, 3.05) is 18.9 Å². The number of nitrogens with two attached hydrogens (primary N) is 1. The molecule has 0 aliphatic carbocycles. The Morgan fingerprint density at radius 1 is 1.54 bits per heavy atom. The van der Waals surface area contributed by atoms with Gasteiger partial charge in [-0.2, -0.15) is 0 Å². The van der Waals surface area contributed by atoms with Crippen molar-refractivity contribution in [3.63, 3.8) is 0 Å². The number of hydrogen-bond acceptors (Lipinski definition) is 3. The second kappa shape index (κ2) is 3.26. The third-order valence-electron chi connectivity index (χ3n) is 2.39. The molecule has 1 atom stereocenters. The van der Waals surface area contributed by atoms with Crippen molar-refractivity contribution in [3.8, 4) is 5.75 Å². The molecule has 0 radical (unpaired) electrons. The fourth-order valence-corrected chi connectivity index (χ4v) is 1.61. The van der Waals surface area contributed by atoms with E-state index in [2.05, 4.69) is 0 Å². The third kappa shape index (κ3) is 1.47. The summed E-state index contributed by atoms with van der Waals surface area (Å²) < 4.78 is 5.47. The van der Waals surface area contributed by atoms with E-state index in [9.17, 15) is 0 Å². The highest BCUT2D eigenvalue weighted by molar-refractivity contribution is 5.55. The van der Waals surface area contributed by atoms with Gasteiger partial charge in [-0.1, -0.05) is 6.07 Å². The minimum absolute atomic E-state index is 0.160. The molecule has 1 heterocycles. The number of aliphatic hydroxyl groups is 1. The van der Waals surface area contributed by atoms with Crippen molar-refractivity contribution in [1.82, 2.24) is 0 Å². The second-order valence-corrected chi connectivity index (χ2v) is 3.39. The quantitative estimate of drug-likeness (QED) is 0.627. The zero-order valence-electron chi connectivity index (χ0n) is 7.36. The maximum atomic E-state index is 8.99. The number of ether oxygens (including phenoxy) is 1. The lowest BCUT2D eigenvalue weighted by atomic mass is 9.96. The third-order valence-corrected chi connectivity index (χ3v) is 2.39. The topological polar surface area (TPSA) is 55.5 Å². The van der Waals surface area contributed by atoms with Gasteiger partial charge < -0.3 is 15.6 Å². The van der Waals surface area contributed by atoms with Gasteiger partial charge >= 0.3 is 0 Å². The predicted molar refractivity (Wildman–Crippen MR) is 50.6 cm³/mol. The summed E-state index contributed by atoms with van der Waals surface area (Å²) in [5.41, 5.74) is 7.59. The highest BCUT2D eigenvalue weighted by Crippen LogP contribution is 2.31. The van der Waals surface area contributed by atoms with Gasteiger partial charge in [0.25, 0.3) is 0 Å². The molecule has 3 N–H and O–H groups in total. The van der Waals surface area contributed by atoms with Gasteiger partial charge in [-0.15, -0.1) is 0 Å². The van der Waals surface area contributed by atoms with Crippen LogP contribution in [0.3, 0.4) is 0 Å². The van der Waals surface area contributed by atoms with E-state index in [0.29, 0.717) is 6.61 Å². The van der Waals surface area contributed by atoms with Crippen molar-refractivity contribution in [2.45, 2.75) is 6.42 Å². The lowest BCUT2D eigenvalue weighted by molar-refractivity contribution is 0.147. The number of aliphatic hydroxyl groups excluding tert-OH is 1. The standard InChI is InChI=1S/C10H13NO2/c11-9-2-1-3-10-8(9)4-7(5-12)6-13-10/h1-3,7,12H,4-6,11H2. The molecule has 1 aliphatic rings. The minimum atomic E-state index is 0.160. The summed E-state index contributed by atoms with van der Waals surface area (Å²) in [6.45, 7) is 0.751. The number of rotatable bonds is 1. The molecule has 1 aromatic carbocycles. The van der Waals surface area contributed by atoms with Gasteiger partial charge in [0.15, 0.2) is 0 Å². The van der Waals surface area contributed by atoms with Crippen LogP contribution in [0.5, 0.6) is 5.75 Å². The summed E-state index contributed by atoms with van der Waals surface area (Å²) in [4.78, 5) is 0. The van der Waals surface area contributed by atoms with Gasteiger partial charge in [0, 0.05) is 23.8 Å². The molecule has 0 fully saturated rings. The Kier molecular flexibility index (Phi) is 2.10. The number of benzene rings is 1. The van der Waals surface area contributed by atoms with E-state index in [1.165, 1.54) is 0 Å². The van der Waals surface area contributed by atoms with Crippen LogP contribution in [-0.4, -0.2) is 18.3 Å². The van der Waals surface area contributed by atoms with E-state index in [0.717, 1.165) is 23.4 Å². The largest absolute Gasteiger partial charge is 0.493 e. The van der Waals surface area contributed by atoms with Crippen LogP contribution in [0, 0.1) is 5.92 Å². The molecule has 0 saturated carbocycles. The van der Waals surface area contributed by atoms with Crippen LogP contribution < -0.4 is 10.5 Å². The summed E-state index contributed by atoms with van der Waals surface area (Å²) >= 11 is 0. The molecule has 1 unspecified atom stereocenters. The Morgan fingerprint density at radius 2 is 2.38 bits per heavy atom. The van der Waals surface area contributed by atoms with Gasteiger partial charge in [-0.05, 0) is 18.6 Å². The molecule has 0 amide bonds. The number of hydrogen-bond donors (Lipinski definition) is 2. The van der Waals surface area contributed by atoms with Crippen LogP contribution in [0.25, 0.3) is 0 Å². The Morgan fingerprint density at radius 3 is 3.15 bits per heavy atom. The summed E-state index contributed by atoms with van der Waals surface area (Å²) in [5.74, 6) is 1.06. The average Bonchev–Trinajstić information content (AvgIpc) is 2.18. The number of anilines is 1. The zero-order chi connectivity index (χ0) is 9.26. The van der Waals surface area contributed by atoms with Gasteiger partial charge in [0.05, 0.1) is 6.61 Å². The summed E-state index contributed by atoms with van der Waals surface area (Å²) in [5, 5.41) is 8.99. The first kappa shape index (κ1) is 8.38. The molecule has 13 heavy (non-hydrogen) atoms. The normalized spacial score (nSPS) is 20.5. The first-order valence-electron chi connectivity index (χ1n) is 4.42. The minimum Gasteiger partial charge on any atom is -0.493 e. The van der Waals surface area contributed by atoms with Gasteiger partial charge in [-0.3, -0.25) is 0 Å². The van der Waals surface area contributed by atoms with Gasteiger partial charge in [-0.25, -0.2) is 0 Å². The average molecular weight is 179 g/mol. The Hall–Kier alpha value is -1.22. The van der Waals surface area contributed by atoms with E-state index in [1.54, 1.807) is 0 Å². The zero-order valence-corrected chi connectivity index (χ0v) is 7.36. The van der Waals surface area contributed by atoms with Gasteiger partial charge in [0.2, 0.25) is 0 Å². The van der Waals surface area contributed by atoms with Crippen LogP contribution in [0.1, 0.15) is 5.56 Å². The summed E-state index contributed by atoms with van der Waals surface area (Å²) in [6.07, 6.45) is 0.818. The van der Waals surface area contributed by atoms with Crippen molar-refractivity contribution in [3.05, 3.63) is 23.8 Å². The Balaban J connectivity index is 2.32. The monoisotopic (exact) mass is 179 g/mol. The molecular formula is C10H13NO2. The highest BCUT2D eigenvalue weighted by Gasteiger charge is 2.20. The number of nitrogen functional groups attached to an aromatic ring is 1. The first-order valence-corrected chi connectivity index (χ1v) is 4.42. The highest BCUT2D eigenvalue weighted by atomic mass is 16.5. The Bertz CT molecular complexity index is 312. The van der Waals surface area contributed by atoms with Crippen LogP contribution in [0.4, 0.5) is 5.69 Å². The van der Waals surface area contributed by atoms with Crippen molar-refractivity contribution >= 4 is 5.69 Å². The fourth-order valence-electron chi connectivity index (χ4n) is 1.61. The van der Waals surface area contributed by atoms with Crippen molar-refractivity contribution in [1.29, 1.82) is 0 Å². The lowest BCUT2D eigenvalue weighted by Gasteiger charge is -2.24. The molecule has 0 aromatic heterocycles. The molecule has 3 heteroatoms. The lowest BCUT2D eigenvalue weighted by Crippen LogP contribution is -2.24. The van der Waals surface area contributed by atoms with Crippen molar-refractivity contribution < 1.29 is 9.84 Å². The van der Waals surface area contributed by atoms with Crippen molar-refractivity contribution in [2.24, 2.45) is 5.92 Å². The van der Waals surface area contributed by atoms with Crippen LogP contribution in [0.2, 0.25) is 0 Å². The van der Waals surface area contributed by atoms with E-state index < -0.39 is 0 Å². The second-order valence-electron chi connectivity index (χ2n) is 3.39. The molecular weight excluding hydrogens is 166 g/mol. The molecule has 1 aliphatic heterocycles. The van der Waals surface area contributed by atoms with Crippen LogP contribution >= 0.6 is 0 Å². The maximum absolute atomic E-state index is 8.99. The van der Waals surface area contributed by atoms with Crippen LogP contribution in [-0.2, 0) is 6.42 Å². The first-order chi connectivity index (χ1) is 6.31. The van der Waals surface area contributed by atoms with E-state index in [1.807, 2.05) is 18.2 Å². The number of fused-ring (bicyclic) bond motifs is 1. The smallest absolute Gasteiger partial charge is 0.124 e. The molecule has 0 saturated heterocycles. The maximum Gasteiger partial charge on any atom is 0.124 e. The van der Waals surface area contributed by atoms with E-state index in [4.69, 9.17) is 15.6 Å². The Labute approximate surface area is 77.1 Å².